The minimum Gasteiger partial charge on any atom is -0.377 e. The first-order valence-electron chi connectivity index (χ1n) is 13.4. The number of aromatic nitrogens is 5. The highest BCUT2D eigenvalue weighted by Crippen LogP contribution is 2.35. The van der Waals surface area contributed by atoms with Crippen LogP contribution in [0.4, 0.5) is 11.5 Å². The van der Waals surface area contributed by atoms with Gasteiger partial charge in [-0.25, -0.2) is 13.9 Å². The van der Waals surface area contributed by atoms with E-state index in [1.54, 1.807) is 21.9 Å². The van der Waals surface area contributed by atoms with E-state index in [0.29, 0.717) is 43.0 Å². The van der Waals surface area contributed by atoms with E-state index in [1.807, 2.05) is 18.3 Å². The molecule has 210 valence electrons. The van der Waals surface area contributed by atoms with Crippen molar-refractivity contribution in [2.45, 2.75) is 65.6 Å². The van der Waals surface area contributed by atoms with Gasteiger partial charge in [0.2, 0.25) is 0 Å². The molecule has 4 rings (SSSR count). The Hall–Kier alpha value is -2.28. The van der Waals surface area contributed by atoms with Gasteiger partial charge in [-0.2, -0.15) is 19.2 Å². The number of hydrogen-bond donors (Lipinski definition) is 0. The first-order chi connectivity index (χ1) is 17.8. The van der Waals surface area contributed by atoms with Crippen LogP contribution in [0.15, 0.2) is 22.7 Å². The molecule has 0 saturated carbocycles. The summed E-state index contributed by atoms with van der Waals surface area (Å²) in [6, 6.07) is 5.16. The van der Waals surface area contributed by atoms with Crippen molar-refractivity contribution in [3.8, 4) is 5.82 Å². The number of morpholine rings is 1. The summed E-state index contributed by atoms with van der Waals surface area (Å²) in [6.07, 6.45) is 5.97. The number of nitrogens with zero attached hydrogens (tertiary/aromatic N) is 7. The molecule has 0 N–H and O–H groups in total. The number of rotatable bonds is 10. The van der Waals surface area contributed by atoms with Crippen LogP contribution in [-0.4, -0.2) is 81.7 Å². The predicted molar refractivity (Wildman–Crippen MR) is 157 cm³/mol. The van der Waals surface area contributed by atoms with Gasteiger partial charge in [0.05, 0.1) is 36.0 Å². The van der Waals surface area contributed by atoms with Crippen molar-refractivity contribution in [3.05, 3.63) is 24.0 Å². The lowest BCUT2D eigenvalue weighted by Gasteiger charge is -2.34. The van der Waals surface area contributed by atoms with Crippen molar-refractivity contribution in [1.82, 2.24) is 24.5 Å². The summed E-state index contributed by atoms with van der Waals surface area (Å²) in [7, 11) is -3.57. The molecular formula is C26H43N7O3SSi. The molecule has 12 heteroatoms. The third-order valence-electron chi connectivity index (χ3n) is 6.32. The van der Waals surface area contributed by atoms with Gasteiger partial charge in [0, 0.05) is 61.8 Å². The smallest absolute Gasteiger partial charge is 0.177 e. The van der Waals surface area contributed by atoms with Gasteiger partial charge in [0.25, 0.3) is 0 Å². The zero-order valence-corrected chi connectivity index (χ0v) is 25.9. The lowest BCUT2D eigenvalue weighted by molar-refractivity contribution is 0.0785. The minimum atomic E-state index is -2.42. The Labute approximate surface area is 227 Å². The van der Waals surface area contributed by atoms with Crippen molar-refractivity contribution in [1.29, 1.82) is 0 Å². The quantitative estimate of drug-likeness (QED) is 0.261. The zero-order valence-electron chi connectivity index (χ0n) is 24.1. The molecule has 0 aliphatic carbocycles. The second-order valence-corrected chi connectivity index (χ2v) is 20.3. The molecule has 10 nitrogen and oxygen atoms in total. The predicted octanol–water partition coefficient (Wildman–Crippen LogP) is 4.71. The molecule has 1 fully saturated rings. The average Bonchev–Trinajstić information content (AvgIpc) is 3.40. The molecule has 0 unspecified atom stereocenters. The monoisotopic (exact) mass is 561 g/mol. The first kappa shape index (κ1) is 28.7. The molecule has 4 heterocycles. The Bertz CT molecular complexity index is 1380. The Morgan fingerprint density at radius 3 is 2.66 bits per heavy atom. The SMILES string of the molecule is CC(C)Cc1nn(-c2ccn(COCC[Si](C)(C)C)n2)c2nc(N3CCOC[C@H]3C)cc(N=S(C)(C)=O)c12. The lowest BCUT2D eigenvalue weighted by Crippen LogP contribution is -2.44. The Morgan fingerprint density at radius 2 is 2.00 bits per heavy atom. The van der Waals surface area contributed by atoms with E-state index in [9.17, 15) is 4.21 Å². The molecule has 0 amide bonds. The van der Waals surface area contributed by atoms with Gasteiger partial charge in [-0.1, -0.05) is 33.5 Å². The Kier molecular flexibility index (Phi) is 8.65. The maximum absolute atomic E-state index is 12.9. The van der Waals surface area contributed by atoms with Crippen LogP contribution in [0.3, 0.4) is 0 Å². The van der Waals surface area contributed by atoms with E-state index in [0.717, 1.165) is 42.5 Å². The van der Waals surface area contributed by atoms with Gasteiger partial charge in [-0.3, -0.25) is 0 Å². The van der Waals surface area contributed by atoms with Crippen molar-refractivity contribution in [3.63, 3.8) is 0 Å². The number of anilines is 1. The van der Waals surface area contributed by atoms with E-state index < -0.39 is 17.8 Å². The van der Waals surface area contributed by atoms with Crippen LogP contribution >= 0.6 is 0 Å². The number of pyridine rings is 1. The Balaban J connectivity index is 1.80. The summed E-state index contributed by atoms with van der Waals surface area (Å²) in [5.41, 5.74) is 2.21. The molecule has 0 spiro atoms. The molecule has 0 radical (unpaired) electrons. The van der Waals surface area contributed by atoms with Crippen molar-refractivity contribution < 1.29 is 13.7 Å². The maximum atomic E-state index is 12.9. The number of ether oxygens (including phenoxy) is 2. The largest absolute Gasteiger partial charge is 0.377 e. The lowest BCUT2D eigenvalue weighted by atomic mass is 10.1. The van der Waals surface area contributed by atoms with Crippen LogP contribution in [0.2, 0.25) is 25.7 Å². The summed E-state index contributed by atoms with van der Waals surface area (Å²) in [5.74, 6) is 1.82. The summed E-state index contributed by atoms with van der Waals surface area (Å²) in [5, 5.41) is 10.6. The van der Waals surface area contributed by atoms with Gasteiger partial charge in [-0.15, -0.1) is 0 Å². The van der Waals surface area contributed by atoms with Gasteiger partial charge in [-0.05, 0) is 25.3 Å². The van der Waals surface area contributed by atoms with E-state index in [-0.39, 0.29) is 6.04 Å². The first-order valence-corrected chi connectivity index (χ1v) is 19.4. The van der Waals surface area contributed by atoms with Crippen molar-refractivity contribution in [2.24, 2.45) is 10.3 Å². The standard InChI is InChI=1S/C26H43N7O3SSi/c1-19(2)15-21-25-22(30-37(4,5)34)16-24(32-11-12-35-17-20(32)3)27-26(25)33(28-21)23-9-10-31(29-23)18-36-13-14-38(6,7)8/h9-10,16,19-20H,11-15,17-18H2,1-8H3/t20-/m1/s1. The summed E-state index contributed by atoms with van der Waals surface area (Å²) in [6.45, 7) is 16.6. The van der Waals surface area contributed by atoms with E-state index in [1.165, 1.54) is 0 Å². The topological polar surface area (TPSA) is 99.7 Å². The molecule has 38 heavy (non-hydrogen) atoms. The van der Waals surface area contributed by atoms with Crippen molar-refractivity contribution >= 4 is 40.3 Å². The van der Waals surface area contributed by atoms with E-state index >= 15 is 0 Å². The second-order valence-electron chi connectivity index (χ2n) is 12.1. The molecule has 1 aliphatic heterocycles. The van der Waals surface area contributed by atoms with Crippen LogP contribution in [0, 0.1) is 5.92 Å². The molecule has 1 aliphatic rings. The van der Waals surface area contributed by atoms with Crippen molar-refractivity contribution in [2.75, 3.05) is 43.8 Å². The molecule has 0 bridgehead atoms. The third kappa shape index (κ3) is 7.22. The Morgan fingerprint density at radius 1 is 1.24 bits per heavy atom. The normalized spacial score (nSPS) is 17.1. The highest BCUT2D eigenvalue weighted by atomic mass is 32.2. The molecule has 1 saturated heterocycles. The van der Waals surface area contributed by atoms with Crippen LogP contribution < -0.4 is 4.90 Å². The van der Waals surface area contributed by atoms with Crippen LogP contribution in [0.1, 0.15) is 26.5 Å². The number of fused-ring (bicyclic) bond motifs is 1. The average molecular weight is 562 g/mol. The molecular weight excluding hydrogens is 518 g/mol. The highest BCUT2D eigenvalue weighted by molar-refractivity contribution is 7.92. The molecule has 1 atom stereocenters. The van der Waals surface area contributed by atoms with Gasteiger partial charge in [0.1, 0.15) is 12.5 Å². The third-order valence-corrected chi connectivity index (χ3v) is 8.66. The number of hydrogen-bond acceptors (Lipinski definition) is 8. The van der Waals surface area contributed by atoms with Crippen LogP contribution in [0.25, 0.3) is 16.9 Å². The van der Waals surface area contributed by atoms with Gasteiger partial charge in [0.15, 0.2) is 11.5 Å². The van der Waals surface area contributed by atoms with E-state index in [4.69, 9.17) is 24.7 Å². The summed E-state index contributed by atoms with van der Waals surface area (Å²) >= 11 is 0. The van der Waals surface area contributed by atoms with Crippen LogP contribution in [-0.2, 0) is 32.4 Å². The zero-order chi connectivity index (χ0) is 27.7. The minimum absolute atomic E-state index is 0.160. The maximum Gasteiger partial charge on any atom is 0.177 e. The highest BCUT2D eigenvalue weighted by Gasteiger charge is 2.26. The fourth-order valence-corrected chi connectivity index (χ4v) is 5.81. The molecule has 3 aromatic heterocycles. The summed E-state index contributed by atoms with van der Waals surface area (Å²) < 4.78 is 32.7. The second kappa shape index (κ2) is 11.4. The van der Waals surface area contributed by atoms with Gasteiger partial charge < -0.3 is 14.4 Å². The van der Waals surface area contributed by atoms with Crippen LogP contribution in [0.5, 0.6) is 0 Å². The van der Waals surface area contributed by atoms with E-state index in [2.05, 4.69) is 49.7 Å². The van der Waals surface area contributed by atoms with Gasteiger partial charge >= 0.3 is 0 Å². The fourth-order valence-electron chi connectivity index (χ4n) is 4.44. The molecule has 3 aromatic rings. The summed E-state index contributed by atoms with van der Waals surface area (Å²) in [4.78, 5) is 7.32. The molecule has 0 aromatic carbocycles. The fraction of sp³-hybridized carbons (Fsp3) is 0.654.